The normalized spacial score (nSPS) is 10.6. The lowest BCUT2D eigenvalue weighted by molar-refractivity contribution is 0.616. The second-order valence-corrected chi connectivity index (χ2v) is 5.08. The number of benzene rings is 1. The molecule has 0 amide bonds. The highest BCUT2D eigenvalue weighted by atomic mass is 35.5. The zero-order valence-electron chi connectivity index (χ0n) is 9.57. The van der Waals surface area contributed by atoms with Crippen LogP contribution >= 0.6 is 23.4 Å². The van der Waals surface area contributed by atoms with Gasteiger partial charge in [-0.2, -0.15) is 0 Å². The molecule has 0 aliphatic carbocycles. The molecule has 0 spiro atoms. The second kappa shape index (κ2) is 6.18. The second-order valence-electron chi connectivity index (χ2n) is 3.71. The lowest BCUT2D eigenvalue weighted by Crippen LogP contribution is -1.98. The number of aromatic nitrogens is 1. The van der Waals surface area contributed by atoms with Crippen LogP contribution in [0.25, 0.3) is 0 Å². The van der Waals surface area contributed by atoms with E-state index in [1.54, 1.807) is 30.5 Å². The van der Waals surface area contributed by atoms with E-state index in [1.165, 1.54) is 17.8 Å². The Morgan fingerprint density at radius 1 is 1.33 bits per heavy atom. The average Bonchev–Trinajstić information content (AvgIpc) is 2.39. The molecule has 2 rings (SSSR count). The predicted octanol–water partition coefficient (Wildman–Crippen LogP) is 3.63. The highest BCUT2D eigenvalue weighted by Crippen LogP contribution is 2.28. The molecule has 0 aliphatic rings. The van der Waals surface area contributed by atoms with E-state index in [0.717, 1.165) is 5.56 Å². The summed E-state index contributed by atoms with van der Waals surface area (Å²) in [6.07, 6.45) is 1.67. The van der Waals surface area contributed by atoms with Crippen LogP contribution in [0.4, 0.5) is 4.39 Å². The molecule has 1 aromatic carbocycles. The number of nitrogens with zero attached hydrogens (tertiary/aromatic N) is 1. The van der Waals surface area contributed by atoms with Crippen molar-refractivity contribution in [2.24, 2.45) is 5.73 Å². The van der Waals surface area contributed by atoms with Crippen molar-refractivity contribution in [2.75, 3.05) is 0 Å². The van der Waals surface area contributed by atoms with Gasteiger partial charge in [0.25, 0.3) is 0 Å². The summed E-state index contributed by atoms with van der Waals surface area (Å²) in [4.78, 5) is 4.15. The lowest BCUT2D eigenvalue weighted by Gasteiger charge is -2.06. The molecule has 0 saturated heterocycles. The van der Waals surface area contributed by atoms with Gasteiger partial charge in [0.05, 0.1) is 5.02 Å². The van der Waals surface area contributed by atoms with Crippen molar-refractivity contribution in [1.29, 1.82) is 0 Å². The number of halogens is 2. The first-order valence-corrected chi connectivity index (χ1v) is 6.77. The summed E-state index contributed by atoms with van der Waals surface area (Å²) in [6, 6.07) is 8.44. The van der Waals surface area contributed by atoms with Crippen LogP contribution in [0.2, 0.25) is 5.02 Å². The molecule has 0 fully saturated rings. The number of rotatable bonds is 4. The van der Waals surface area contributed by atoms with E-state index in [0.29, 0.717) is 27.9 Å². The van der Waals surface area contributed by atoms with E-state index in [9.17, 15) is 4.39 Å². The van der Waals surface area contributed by atoms with Crippen molar-refractivity contribution in [1.82, 2.24) is 4.98 Å². The minimum atomic E-state index is -0.230. The van der Waals surface area contributed by atoms with Gasteiger partial charge in [-0.05, 0) is 29.3 Å². The van der Waals surface area contributed by atoms with Crippen LogP contribution in [-0.2, 0) is 12.3 Å². The van der Waals surface area contributed by atoms with Gasteiger partial charge in [0, 0.05) is 18.5 Å². The van der Waals surface area contributed by atoms with Gasteiger partial charge in [-0.15, -0.1) is 11.8 Å². The predicted molar refractivity (Wildman–Crippen MR) is 73.1 cm³/mol. The Bertz CT molecular complexity index is 548. The van der Waals surface area contributed by atoms with E-state index in [2.05, 4.69) is 4.98 Å². The molecule has 0 unspecified atom stereocenters. The Morgan fingerprint density at radius 3 is 2.89 bits per heavy atom. The molecule has 2 N–H and O–H groups in total. The van der Waals surface area contributed by atoms with Gasteiger partial charge in [-0.1, -0.05) is 23.7 Å². The van der Waals surface area contributed by atoms with Gasteiger partial charge in [0.15, 0.2) is 0 Å². The topological polar surface area (TPSA) is 38.9 Å². The fraction of sp³-hybridized carbons (Fsp3) is 0.154. The van der Waals surface area contributed by atoms with Gasteiger partial charge in [0.1, 0.15) is 10.8 Å². The summed E-state index contributed by atoms with van der Waals surface area (Å²) in [7, 11) is 0. The zero-order valence-corrected chi connectivity index (χ0v) is 11.1. The molecule has 94 valence electrons. The van der Waals surface area contributed by atoms with Crippen LogP contribution in [0.15, 0.2) is 41.6 Å². The molecule has 0 bridgehead atoms. The molecular formula is C13H12ClFN2S. The zero-order chi connectivity index (χ0) is 13.0. The Labute approximate surface area is 114 Å². The van der Waals surface area contributed by atoms with E-state index in [4.69, 9.17) is 17.3 Å². The monoisotopic (exact) mass is 282 g/mol. The molecular weight excluding hydrogens is 271 g/mol. The van der Waals surface area contributed by atoms with Crippen molar-refractivity contribution in [3.8, 4) is 0 Å². The van der Waals surface area contributed by atoms with Crippen LogP contribution in [0.1, 0.15) is 11.1 Å². The van der Waals surface area contributed by atoms with Gasteiger partial charge >= 0.3 is 0 Å². The third kappa shape index (κ3) is 3.22. The van der Waals surface area contributed by atoms with Gasteiger partial charge in [0.2, 0.25) is 0 Å². The Morgan fingerprint density at radius 2 is 2.17 bits per heavy atom. The number of pyridine rings is 1. The van der Waals surface area contributed by atoms with E-state index in [1.807, 2.05) is 0 Å². The molecule has 0 radical (unpaired) electrons. The average molecular weight is 283 g/mol. The maximum atomic E-state index is 13.6. The Balaban J connectivity index is 2.13. The van der Waals surface area contributed by atoms with E-state index < -0.39 is 0 Å². The first-order chi connectivity index (χ1) is 8.70. The fourth-order valence-corrected chi connectivity index (χ4v) is 2.63. The number of thioether (sulfide) groups is 1. The maximum absolute atomic E-state index is 13.6. The summed E-state index contributed by atoms with van der Waals surface area (Å²) < 4.78 is 13.6. The van der Waals surface area contributed by atoms with Gasteiger partial charge in [-0.3, -0.25) is 0 Å². The lowest BCUT2D eigenvalue weighted by atomic mass is 10.1. The highest BCUT2D eigenvalue weighted by Gasteiger charge is 2.06. The molecule has 0 saturated carbocycles. The maximum Gasteiger partial charge on any atom is 0.127 e. The minimum absolute atomic E-state index is 0.230. The largest absolute Gasteiger partial charge is 0.326 e. The Hall–Kier alpha value is -1.10. The molecule has 1 aromatic heterocycles. The standard InChI is InChI=1S/C13H12ClFN2S/c14-11-2-1-5-17-13(11)18-8-10-6-9(7-16)3-4-12(10)15/h1-6H,7-8,16H2. The van der Waals surface area contributed by atoms with Crippen molar-refractivity contribution in [2.45, 2.75) is 17.3 Å². The SMILES string of the molecule is NCc1ccc(F)c(CSc2ncccc2Cl)c1. The van der Waals surface area contributed by atoms with E-state index in [-0.39, 0.29) is 5.82 Å². The Kier molecular flexibility index (Phi) is 4.58. The number of hydrogen-bond donors (Lipinski definition) is 1. The third-order valence-corrected chi connectivity index (χ3v) is 3.91. The molecule has 2 nitrogen and oxygen atoms in total. The molecule has 1 heterocycles. The summed E-state index contributed by atoms with van der Waals surface area (Å²) in [6.45, 7) is 0.405. The van der Waals surface area contributed by atoms with Gasteiger partial charge < -0.3 is 5.73 Å². The molecule has 0 aliphatic heterocycles. The van der Waals surface area contributed by atoms with Crippen LogP contribution in [0, 0.1) is 5.82 Å². The highest BCUT2D eigenvalue weighted by molar-refractivity contribution is 7.98. The van der Waals surface area contributed by atoms with Gasteiger partial charge in [-0.25, -0.2) is 9.37 Å². The minimum Gasteiger partial charge on any atom is -0.326 e. The quantitative estimate of drug-likeness (QED) is 0.871. The molecule has 0 atom stereocenters. The summed E-state index contributed by atoms with van der Waals surface area (Å²) in [5.41, 5.74) is 7.07. The summed E-state index contributed by atoms with van der Waals surface area (Å²) >= 11 is 7.40. The van der Waals surface area contributed by atoms with Crippen molar-refractivity contribution in [3.05, 3.63) is 58.5 Å². The number of nitrogens with two attached hydrogens (primary N) is 1. The van der Waals surface area contributed by atoms with E-state index >= 15 is 0 Å². The smallest absolute Gasteiger partial charge is 0.127 e. The molecule has 2 aromatic rings. The summed E-state index contributed by atoms with van der Waals surface area (Å²) in [5.74, 6) is 0.253. The van der Waals surface area contributed by atoms with Crippen LogP contribution < -0.4 is 5.73 Å². The van der Waals surface area contributed by atoms with Crippen LogP contribution in [-0.4, -0.2) is 4.98 Å². The first kappa shape index (κ1) is 13.3. The van der Waals surface area contributed by atoms with Crippen molar-refractivity contribution in [3.63, 3.8) is 0 Å². The van der Waals surface area contributed by atoms with Crippen molar-refractivity contribution < 1.29 is 4.39 Å². The fourth-order valence-electron chi connectivity index (χ4n) is 1.49. The van der Waals surface area contributed by atoms with Crippen LogP contribution in [0.3, 0.4) is 0 Å². The number of hydrogen-bond acceptors (Lipinski definition) is 3. The molecule has 5 heteroatoms. The first-order valence-electron chi connectivity index (χ1n) is 5.41. The molecule has 18 heavy (non-hydrogen) atoms. The summed E-state index contributed by atoms with van der Waals surface area (Å²) in [5, 5.41) is 1.29. The third-order valence-electron chi connectivity index (χ3n) is 2.43. The van der Waals surface area contributed by atoms with Crippen LogP contribution in [0.5, 0.6) is 0 Å². The van der Waals surface area contributed by atoms with Crippen molar-refractivity contribution >= 4 is 23.4 Å².